The lowest BCUT2D eigenvalue weighted by molar-refractivity contribution is -0.123. The van der Waals surface area contributed by atoms with Crippen LogP contribution in [0.1, 0.15) is 23.0 Å². The molecule has 1 aromatic heterocycles. The molecule has 0 spiro atoms. The van der Waals surface area contributed by atoms with E-state index in [1.165, 1.54) is 6.92 Å². The molecule has 0 aliphatic heterocycles. The van der Waals surface area contributed by atoms with E-state index < -0.39 is 18.0 Å². The van der Waals surface area contributed by atoms with E-state index in [-0.39, 0.29) is 5.69 Å². The highest BCUT2D eigenvalue weighted by atomic mass is 16.5. The molecular weight excluding hydrogens is 344 g/mol. The number of aromatic nitrogens is 2. The number of rotatable bonds is 5. The van der Waals surface area contributed by atoms with Crippen LogP contribution in [0, 0.1) is 11.3 Å². The summed E-state index contributed by atoms with van der Waals surface area (Å²) >= 11 is 0. The second kappa shape index (κ2) is 7.97. The van der Waals surface area contributed by atoms with Crippen molar-refractivity contribution in [2.24, 2.45) is 0 Å². The number of hydrogen-bond donors (Lipinski definition) is 2. The van der Waals surface area contributed by atoms with Crippen molar-refractivity contribution >= 4 is 17.6 Å². The number of nitriles is 1. The lowest BCUT2D eigenvalue weighted by atomic mass is 10.1. The minimum Gasteiger partial charge on any atom is -0.448 e. The summed E-state index contributed by atoms with van der Waals surface area (Å²) in [6, 6.07) is 19.5. The molecule has 1 heterocycles. The Morgan fingerprint density at radius 2 is 1.85 bits per heavy atom. The zero-order valence-electron chi connectivity index (χ0n) is 14.5. The van der Waals surface area contributed by atoms with E-state index in [1.54, 1.807) is 30.3 Å². The summed E-state index contributed by atoms with van der Waals surface area (Å²) in [5.74, 6) is -1.23. The predicted molar refractivity (Wildman–Crippen MR) is 98.7 cm³/mol. The molecule has 0 unspecified atom stereocenters. The average Bonchev–Trinajstić information content (AvgIpc) is 3.19. The molecule has 0 fully saturated rings. The minimum absolute atomic E-state index is 0.144. The van der Waals surface area contributed by atoms with Crippen molar-refractivity contribution in [3.05, 3.63) is 71.9 Å². The van der Waals surface area contributed by atoms with Gasteiger partial charge in [0.25, 0.3) is 5.91 Å². The predicted octanol–water partition coefficient (Wildman–Crippen LogP) is 3.13. The maximum absolute atomic E-state index is 12.3. The molecular formula is C20H16N4O3. The first-order valence-corrected chi connectivity index (χ1v) is 8.20. The second-order valence-electron chi connectivity index (χ2n) is 5.73. The Kier molecular flexibility index (Phi) is 5.28. The van der Waals surface area contributed by atoms with Crippen LogP contribution in [0.15, 0.2) is 60.7 Å². The van der Waals surface area contributed by atoms with Gasteiger partial charge in [0.05, 0.1) is 16.9 Å². The summed E-state index contributed by atoms with van der Waals surface area (Å²) in [7, 11) is 0. The largest absolute Gasteiger partial charge is 0.448 e. The Labute approximate surface area is 155 Å². The van der Waals surface area contributed by atoms with Crippen molar-refractivity contribution in [2.45, 2.75) is 13.0 Å². The summed E-state index contributed by atoms with van der Waals surface area (Å²) < 4.78 is 5.19. The van der Waals surface area contributed by atoms with Gasteiger partial charge in [0.1, 0.15) is 11.8 Å². The Hall–Kier alpha value is -3.92. The quantitative estimate of drug-likeness (QED) is 0.680. The molecule has 27 heavy (non-hydrogen) atoms. The fourth-order valence-corrected chi connectivity index (χ4v) is 2.38. The van der Waals surface area contributed by atoms with Crippen molar-refractivity contribution < 1.29 is 14.3 Å². The fraction of sp³-hybridized carbons (Fsp3) is 0.100. The van der Waals surface area contributed by atoms with E-state index in [4.69, 9.17) is 10.00 Å². The normalized spacial score (nSPS) is 11.3. The highest BCUT2D eigenvalue weighted by Gasteiger charge is 2.21. The Balaban J connectivity index is 1.65. The molecule has 3 rings (SSSR count). The number of H-pyrrole nitrogens is 1. The molecule has 3 aromatic rings. The number of benzene rings is 2. The van der Waals surface area contributed by atoms with E-state index in [9.17, 15) is 9.59 Å². The van der Waals surface area contributed by atoms with Gasteiger partial charge in [-0.25, -0.2) is 4.79 Å². The van der Waals surface area contributed by atoms with Crippen molar-refractivity contribution in [1.29, 1.82) is 5.26 Å². The third-order valence-electron chi connectivity index (χ3n) is 3.83. The van der Waals surface area contributed by atoms with Gasteiger partial charge in [0, 0.05) is 5.56 Å². The topological polar surface area (TPSA) is 108 Å². The number of para-hydroxylation sites is 1. The number of amides is 1. The molecule has 7 heteroatoms. The number of ether oxygens (including phenoxy) is 1. The van der Waals surface area contributed by atoms with Gasteiger partial charge in [-0.2, -0.15) is 10.4 Å². The molecule has 0 radical (unpaired) electrons. The minimum atomic E-state index is -1.05. The SMILES string of the molecule is C[C@H](OC(=O)c1cc(-c2ccccc2)n[nH]1)C(=O)Nc1ccccc1C#N. The summed E-state index contributed by atoms with van der Waals surface area (Å²) in [6.45, 7) is 1.46. The molecule has 7 nitrogen and oxygen atoms in total. The zero-order chi connectivity index (χ0) is 19.2. The molecule has 134 valence electrons. The second-order valence-corrected chi connectivity index (χ2v) is 5.73. The Morgan fingerprint density at radius 1 is 1.15 bits per heavy atom. The number of anilines is 1. The van der Waals surface area contributed by atoms with Crippen LogP contribution in [0.5, 0.6) is 0 Å². The molecule has 0 saturated heterocycles. The fourth-order valence-electron chi connectivity index (χ4n) is 2.38. The standard InChI is InChI=1S/C20H16N4O3/c1-13(19(25)22-16-10-6-5-9-15(16)12-21)27-20(26)18-11-17(23-24-18)14-7-3-2-4-8-14/h2-11,13H,1H3,(H,22,25)(H,23,24)/t13-/m0/s1. The molecule has 1 amide bonds. The van der Waals surface area contributed by atoms with Gasteiger partial charge in [0.15, 0.2) is 6.10 Å². The van der Waals surface area contributed by atoms with E-state index in [1.807, 2.05) is 36.4 Å². The third kappa shape index (κ3) is 4.19. The maximum Gasteiger partial charge on any atom is 0.357 e. The number of carbonyl (C=O) groups is 2. The van der Waals surface area contributed by atoms with Gasteiger partial charge >= 0.3 is 5.97 Å². The molecule has 2 N–H and O–H groups in total. The molecule has 2 aromatic carbocycles. The van der Waals surface area contributed by atoms with Crippen molar-refractivity contribution in [2.75, 3.05) is 5.32 Å². The number of nitrogens with zero attached hydrogens (tertiary/aromatic N) is 2. The van der Waals surface area contributed by atoms with Gasteiger partial charge in [-0.1, -0.05) is 42.5 Å². The summed E-state index contributed by atoms with van der Waals surface area (Å²) in [5, 5.41) is 18.4. The molecule has 0 aliphatic rings. The maximum atomic E-state index is 12.3. The van der Waals surface area contributed by atoms with Crippen LogP contribution < -0.4 is 5.32 Å². The smallest absolute Gasteiger partial charge is 0.357 e. The van der Waals surface area contributed by atoms with Gasteiger partial charge in [-0.3, -0.25) is 9.89 Å². The number of nitrogens with one attached hydrogen (secondary N) is 2. The Morgan fingerprint density at radius 3 is 2.59 bits per heavy atom. The van der Waals surface area contributed by atoms with Crippen LogP contribution in [0.25, 0.3) is 11.3 Å². The van der Waals surface area contributed by atoms with Crippen molar-refractivity contribution in [1.82, 2.24) is 10.2 Å². The molecule has 0 saturated carbocycles. The van der Waals surface area contributed by atoms with Crippen LogP contribution in [0.3, 0.4) is 0 Å². The van der Waals surface area contributed by atoms with Gasteiger partial charge in [-0.15, -0.1) is 0 Å². The third-order valence-corrected chi connectivity index (χ3v) is 3.83. The highest BCUT2D eigenvalue weighted by Crippen LogP contribution is 2.18. The van der Waals surface area contributed by atoms with Crippen molar-refractivity contribution in [3.63, 3.8) is 0 Å². The van der Waals surface area contributed by atoms with Gasteiger partial charge < -0.3 is 10.1 Å². The van der Waals surface area contributed by atoms with Gasteiger partial charge in [-0.05, 0) is 25.1 Å². The number of hydrogen-bond acceptors (Lipinski definition) is 5. The highest BCUT2D eigenvalue weighted by molar-refractivity contribution is 5.97. The average molecular weight is 360 g/mol. The van der Waals surface area contributed by atoms with Crippen molar-refractivity contribution in [3.8, 4) is 17.3 Å². The lowest BCUT2D eigenvalue weighted by Crippen LogP contribution is -2.30. The number of aromatic amines is 1. The number of carbonyl (C=O) groups excluding carboxylic acids is 2. The van der Waals surface area contributed by atoms with Crippen LogP contribution >= 0.6 is 0 Å². The van der Waals surface area contributed by atoms with Crippen LogP contribution in [-0.4, -0.2) is 28.2 Å². The van der Waals surface area contributed by atoms with Gasteiger partial charge in [0.2, 0.25) is 0 Å². The first-order valence-electron chi connectivity index (χ1n) is 8.20. The van der Waals surface area contributed by atoms with Crippen LogP contribution in [0.2, 0.25) is 0 Å². The zero-order valence-corrected chi connectivity index (χ0v) is 14.5. The Bertz CT molecular complexity index is 1010. The van der Waals surface area contributed by atoms with E-state index >= 15 is 0 Å². The summed E-state index contributed by atoms with van der Waals surface area (Å²) in [6.07, 6.45) is -1.05. The lowest BCUT2D eigenvalue weighted by Gasteiger charge is -2.13. The molecule has 0 aliphatic carbocycles. The van der Waals surface area contributed by atoms with E-state index in [0.29, 0.717) is 16.9 Å². The number of esters is 1. The monoisotopic (exact) mass is 360 g/mol. The first kappa shape index (κ1) is 17.9. The first-order chi connectivity index (χ1) is 13.1. The van der Waals surface area contributed by atoms with E-state index in [2.05, 4.69) is 15.5 Å². The van der Waals surface area contributed by atoms with Crippen LogP contribution in [-0.2, 0) is 9.53 Å². The van der Waals surface area contributed by atoms with E-state index in [0.717, 1.165) is 5.56 Å². The van der Waals surface area contributed by atoms with Crippen LogP contribution in [0.4, 0.5) is 5.69 Å². The summed E-state index contributed by atoms with van der Waals surface area (Å²) in [5.41, 5.74) is 2.28. The summed E-state index contributed by atoms with van der Waals surface area (Å²) in [4.78, 5) is 24.5. The molecule has 1 atom stereocenters. The molecule has 0 bridgehead atoms.